The van der Waals surface area contributed by atoms with Gasteiger partial charge in [0.15, 0.2) is 0 Å². The molecule has 9 nitrogen and oxygen atoms in total. The van der Waals surface area contributed by atoms with Crippen molar-refractivity contribution in [3.63, 3.8) is 0 Å². The van der Waals surface area contributed by atoms with Crippen LogP contribution in [-0.4, -0.2) is 82.8 Å². The first kappa shape index (κ1) is 26.1. The summed E-state index contributed by atoms with van der Waals surface area (Å²) in [5.74, 6) is -1.48. The molecule has 0 aliphatic carbocycles. The molecule has 1 atom stereocenters. The Morgan fingerprint density at radius 3 is 2.38 bits per heavy atom. The number of aromatic amines is 1. The Labute approximate surface area is 211 Å². The van der Waals surface area contributed by atoms with Gasteiger partial charge in [0.05, 0.1) is 11.3 Å². The number of rotatable bonds is 3. The SMILES string of the molecule is CC1CNC(=O)c2cc(-c3ccnc(-c4ccc(N5CCN(C)CC5)nc4)c3)[nH]c21.O=C(O)C(F)(F)F. The molecule has 2 aliphatic rings. The fourth-order valence-electron chi connectivity index (χ4n) is 4.16. The second-order valence-corrected chi connectivity index (χ2v) is 9.05. The number of carboxylic acids is 1. The van der Waals surface area contributed by atoms with Crippen molar-refractivity contribution in [2.45, 2.75) is 19.0 Å². The molecule has 196 valence electrons. The van der Waals surface area contributed by atoms with Crippen LogP contribution in [0.2, 0.25) is 0 Å². The van der Waals surface area contributed by atoms with Gasteiger partial charge in [0.2, 0.25) is 0 Å². The van der Waals surface area contributed by atoms with E-state index in [0.29, 0.717) is 6.54 Å². The molecule has 5 rings (SSSR count). The van der Waals surface area contributed by atoms with E-state index in [1.54, 1.807) is 0 Å². The Bertz CT molecular complexity index is 1270. The summed E-state index contributed by atoms with van der Waals surface area (Å²) in [6.45, 7) is 6.90. The molecule has 0 bridgehead atoms. The number of fused-ring (bicyclic) bond motifs is 1. The summed E-state index contributed by atoms with van der Waals surface area (Å²) in [6.07, 6.45) is -1.38. The Morgan fingerprint density at radius 1 is 1.08 bits per heavy atom. The van der Waals surface area contributed by atoms with Gasteiger partial charge in [0.1, 0.15) is 5.82 Å². The lowest BCUT2D eigenvalue weighted by atomic mass is 9.99. The maximum atomic E-state index is 12.2. The second kappa shape index (κ2) is 10.6. The molecule has 12 heteroatoms. The number of likely N-dealkylation sites (N-methyl/N-ethyl adjacent to an activating group) is 1. The first-order valence-corrected chi connectivity index (χ1v) is 11.7. The van der Waals surface area contributed by atoms with Gasteiger partial charge < -0.3 is 25.2 Å². The molecular formula is C25H27F3N6O3. The lowest BCUT2D eigenvalue weighted by Crippen LogP contribution is -2.44. The number of H-pyrrole nitrogens is 1. The van der Waals surface area contributed by atoms with Gasteiger partial charge in [-0.25, -0.2) is 9.78 Å². The van der Waals surface area contributed by atoms with E-state index >= 15 is 0 Å². The Kier molecular flexibility index (Phi) is 7.48. The molecule has 3 N–H and O–H groups in total. The number of aliphatic carboxylic acids is 1. The first-order valence-electron chi connectivity index (χ1n) is 11.7. The smallest absolute Gasteiger partial charge is 0.475 e. The van der Waals surface area contributed by atoms with Crippen LogP contribution in [0.25, 0.3) is 22.5 Å². The first-order chi connectivity index (χ1) is 17.5. The highest BCUT2D eigenvalue weighted by Crippen LogP contribution is 2.30. The molecule has 0 saturated carbocycles. The lowest BCUT2D eigenvalue weighted by molar-refractivity contribution is -0.192. The zero-order valence-corrected chi connectivity index (χ0v) is 20.3. The van der Waals surface area contributed by atoms with Crippen molar-refractivity contribution < 1.29 is 27.9 Å². The third-order valence-electron chi connectivity index (χ3n) is 6.34. The van der Waals surface area contributed by atoms with Crippen molar-refractivity contribution in [1.29, 1.82) is 0 Å². The fourth-order valence-corrected chi connectivity index (χ4v) is 4.16. The van der Waals surface area contributed by atoms with Crippen LogP contribution in [0.1, 0.15) is 28.9 Å². The summed E-state index contributed by atoms with van der Waals surface area (Å²) < 4.78 is 31.7. The molecule has 0 spiro atoms. The van der Waals surface area contributed by atoms with Gasteiger partial charge in [-0.2, -0.15) is 13.2 Å². The minimum absolute atomic E-state index is 0.0106. The molecule has 3 aromatic rings. The molecule has 1 fully saturated rings. The maximum Gasteiger partial charge on any atom is 0.490 e. The van der Waals surface area contributed by atoms with Gasteiger partial charge in [-0.05, 0) is 37.4 Å². The van der Waals surface area contributed by atoms with Gasteiger partial charge in [-0.15, -0.1) is 0 Å². The number of nitrogens with zero attached hydrogens (tertiary/aromatic N) is 4. The quantitative estimate of drug-likeness (QED) is 0.489. The van der Waals surface area contributed by atoms with Gasteiger partial charge in [0.25, 0.3) is 5.91 Å². The van der Waals surface area contributed by atoms with E-state index < -0.39 is 12.1 Å². The molecule has 5 heterocycles. The maximum absolute atomic E-state index is 12.2. The molecule has 0 radical (unpaired) electrons. The number of halogens is 3. The average Bonchev–Trinajstić information content (AvgIpc) is 3.34. The van der Waals surface area contributed by atoms with Crippen LogP contribution in [-0.2, 0) is 4.79 Å². The van der Waals surface area contributed by atoms with E-state index in [1.165, 1.54) is 0 Å². The number of hydrogen-bond acceptors (Lipinski definition) is 6. The minimum atomic E-state index is -5.08. The molecule has 1 unspecified atom stereocenters. The lowest BCUT2D eigenvalue weighted by Gasteiger charge is -2.33. The van der Waals surface area contributed by atoms with Crippen LogP contribution in [0.5, 0.6) is 0 Å². The number of pyridine rings is 2. The number of hydrogen-bond donors (Lipinski definition) is 3. The van der Waals surface area contributed by atoms with Crippen molar-refractivity contribution >= 4 is 17.7 Å². The Hall–Kier alpha value is -3.93. The van der Waals surface area contributed by atoms with E-state index in [-0.39, 0.29) is 11.8 Å². The van der Waals surface area contributed by atoms with Crippen LogP contribution in [0.4, 0.5) is 19.0 Å². The predicted octanol–water partition coefficient (Wildman–Crippen LogP) is 3.37. The standard InChI is InChI=1S/C23H26N6O.C2HF3O2/c1-15-13-26-23(30)18-12-20(27-22(15)18)16-5-6-24-19(11-16)17-3-4-21(25-14-17)29-9-7-28(2)8-10-29;3-2(4,5)1(6)7/h3-6,11-12,14-15,27H,7-10,13H2,1-2H3,(H,26,30);(H,6,7). The molecule has 0 aromatic carbocycles. The Balaban J connectivity index is 0.000000405. The number of carboxylic acid groups (broad SMARTS) is 1. The fraction of sp³-hybridized carbons (Fsp3) is 0.360. The summed E-state index contributed by atoms with van der Waals surface area (Å²) in [5.41, 5.74) is 5.55. The number of piperazine rings is 1. The third kappa shape index (κ3) is 6.08. The normalized spacial score (nSPS) is 17.9. The summed E-state index contributed by atoms with van der Waals surface area (Å²) in [6, 6.07) is 10.1. The summed E-state index contributed by atoms with van der Waals surface area (Å²) in [7, 11) is 2.15. The average molecular weight is 517 g/mol. The summed E-state index contributed by atoms with van der Waals surface area (Å²) in [5, 5.41) is 10.1. The number of alkyl halides is 3. The number of amides is 1. The molecule has 1 amide bonds. The van der Waals surface area contributed by atoms with Gasteiger partial charge >= 0.3 is 12.1 Å². The van der Waals surface area contributed by atoms with Crippen LogP contribution < -0.4 is 10.2 Å². The van der Waals surface area contributed by atoms with E-state index in [4.69, 9.17) is 9.90 Å². The predicted molar refractivity (Wildman–Crippen MR) is 131 cm³/mol. The van der Waals surface area contributed by atoms with Crippen molar-refractivity contribution in [1.82, 2.24) is 25.2 Å². The highest BCUT2D eigenvalue weighted by Gasteiger charge is 2.38. The number of aromatic nitrogens is 3. The van der Waals surface area contributed by atoms with E-state index in [1.807, 2.05) is 30.6 Å². The van der Waals surface area contributed by atoms with Crippen LogP contribution in [0.15, 0.2) is 42.7 Å². The Morgan fingerprint density at radius 2 is 1.78 bits per heavy atom. The van der Waals surface area contributed by atoms with E-state index in [9.17, 15) is 18.0 Å². The summed E-state index contributed by atoms with van der Waals surface area (Å²) >= 11 is 0. The zero-order valence-electron chi connectivity index (χ0n) is 20.3. The molecule has 37 heavy (non-hydrogen) atoms. The topological polar surface area (TPSA) is 114 Å². The van der Waals surface area contributed by atoms with Gasteiger partial charge in [0, 0.05) is 73.6 Å². The second-order valence-electron chi connectivity index (χ2n) is 9.05. The molecule has 3 aromatic heterocycles. The van der Waals surface area contributed by atoms with E-state index in [2.05, 4.69) is 56.2 Å². The van der Waals surface area contributed by atoms with E-state index in [0.717, 1.165) is 65.8 Å². The monoisotopic (exact) mass is 516 g/mol. The van der Waals surface area contributed by atoms with Crippen molar-refractivity contribution in [2.24, 2.45) is 0 Å². The number of nitrogens with one attached hydrogen (secondary N) is 2. The van der Waals surface area contributed by atoms with Gasteiger partial charge in [-0.1, -0.05) is 6.92 Å². The minimum Gasteiger partial charge on any atom is -0.475 e. The number of anilines is 1. The zero-order chi connectivity index (χ0) is 26.7. The highest BCUT2D eigenvalue weighted by molar-refractivity contribution is 5.98. The molecule has 1 saturated heterocycles. The molecular weight excluding hydrogens is 489 g/mol. The molecule has 2 aliphatic heterocycles. The van der Waals surface area contributed by atoms with Crippen LogP contribution in [0.3, 0.4) is 0 Å². The number of carbonyl (C=O) groups excluding carboxylic acids is 1. The highest BCUT2D eigenvalue weighted by atomic mass is 19.4. The largest absolute Gasteiger partial charge is 0.490 e. The van der Waals surface area contributed by atoms with Crippen LogP contribution in [0, 0.1) is 0 Å². The number of carbonyl (C=O) groups is 2. The van der Waals surface area contributed by atoms with Crippen molar-refractivity contribution in [2.75, 3.05) is 44.7 Å². The van der Waals surface area contributed by atoms with Crippen molar-refractivity contribution in [3.05, 3.63) is 54.0 Å². The van der Waals surface area contributed by atoms with Crippen LogP contribution >= 0.6 is 0 Å². The van der Waals surface area contributed by atoms with Gasteiger partial charge in [-0.3, -0.25) is 9.78 Å². The van der Waals surface area contributed by atoms with Crippen molar-refractivity contribution in [3.8, 4) is 22.5 Å². The summed E-state index contributed by atoms with van der Waals surface area (Å²) in [4.78, 5) is 38.4. The third-order valence-corrected chi connectivity index (χ3v) is 6.34.